The lowest BCUT2D eigenvalue weighted by atomic mass is 9.94. The van der Waals surface area contributed by atoms with Gasteiger partial charge in [0.1, 0.15) is 31.5 Å². The van der Waals surface area contributed by atoms with E-state index >= 15 is 0 Å². The fourth-order valence-corrected chi connectivity index (χ4v) is 4.65. The third kappa shape index (κ3) is 12.0. The molecule has 18 nitrogen and oxygen atoms in total. The predicted octanol–water partition coefficient (Wildman–Crippen LogP) is -5.57. The monoisotopic (exact) mass is 670 g/mol. The van der Waals surface area contributed by atoms with Crippen LogP contribution in [0.4, 0.5) is 0 Å². The van der Waals surface area contributed by atoms with Crippen molar-refractivity contribution in [3.8, 4) is 0 Å². The summed E-state index contributed by atoms with van der Waals surface area (Å²) in [5.41, 5.74) is 3.96. The number of carbonyl (C=O) groups excluding carboxylic acids is 7. The van der Waals surface area contributed by atoms with E-state index in [-0.39, 0.29) is 12.4 Å². The number of rotatable bonds is 11. The smallest absolute Gasteiger partial charge is 0.305 e. The molecule has 10 atom stereocenters. The standard InChI is InChI=1S/C26H38N2O16.ClH/c1-10(29)28-20-24(40-15(6)34)22(39-14(5)33)18(9-37-12(3)31)43-26(20)44-23-19(27)25(41-16(7)35)42-17(8-36-11(2)30)21(23)38-13(4)32;/h17-26H,8-9,27H2,1-7H3,(H,28,29);1H/t17-,18-,19-,20-,21-,22-,23-,24-,25+,26+;/m1./s1. The van der Waals surface area contributed by atoms with Crippen LogP contribution in [0.5, 0.6) is 0 Å². The molecule has 2 heterocycles. The van der Waals surface area contributed by atoms with Crippen LogP contribution in [-0.2, 0) is 76.2 Å². The maximum Gasteiger partial charge on any atom is 0.305 e. The zero-order valence-electron chi connectivity index (χ0n) is 25.8. The lowest BCUT2D eigenvalue weighted by molar-refractivity contribution is -0.505. The maximum atomic E-state index is 12.3. The fraction of sp³-hybridized carbons (Fsp3) is 0.731. The van der Waals surface area contributed by atoms with E-state index in [1.807, 2.05) is 0 Å². The second-order valence-electron chi connectivity index (χ2n) is 10.0. The van der Waals surface area contributed by atoms with Gasteiger partial charge in [0.05, 0.1) is 0 Å². The van der Waals surface area contributed by atoms with Gasteiger partial charge in [-0.15, -0.1) is 0 Å². The van der Waals surface area contributed by atoms with Crippen LogP contribution in [0.15, 0.2) is 0 Å². The third-order valence-electron chi connectivity index (χ3n) is 6.17. The molecule has 2 rings (SSSR count). The normalized spacial score (nSPS) is 30.8. The first-order valence-electron chi connectivity index (χ1n) is 13.5. The van der Waals surface area contributed by atoms with Crippen molar-refractivity contribution in [1.29, 1.82) is 0 Å². The molecule has 2 fully saturated rings. The van der Waals surface area contributed by atoms with Gasteiger partial charge in [-0.3, -0.25) is 33.6 Å². The Kier molecular flexibility index (Phi) is 15.6. The lowest BCUT2D eigenvalue weighted by Crippen LogP contribution is -3.00. The summed E-state index contributed by atoms with van der Waals surface area (Å²) >= 11 is 0. The zero-order valence-corrected chi connectivity index (χ0v) is 26.6. The minimum Gasteiger partial charge on any atom is -1.00 e. The molecule has 0 bridgehead atoms. The molecular formula is C26H39ClN2O16. The van der Waals surface area contributed by atoms with Crippen molar-refractivity contribution in [3.05, 3.63) is 0 Å². The van der Waals surface area contributed by atoms with Crippen molar-refractivity contribution >= 4 is 41.7 Å². The van der Waals surface area contributed by atoms with Gasteiger partial charge in [-0.2, -0.15) is 0 Å². The molecule has 0 unspecified atom stereocenters. The Morgan fingerprint density at radius 3 is 1.38 bits per heavy atom. The Bertz CT molecular complexity index is 1100. The first kappa shape index (κ1) is 39.4. The number of nitrogens with one attached hydrogen (secondary N) is 1. The quantitative estimate of drug-likeness (QED) is 0.154. The van der Waals surface area contributed by atoms with Crippen molar-refractivity contribution in [2.45, 2.75) is 110 Å². The summed E-state index contributed by atoms with van der Waals surface area (Å²) in [5.74, 6) is -5.22. The average molecular weight is 671 g/mol. The molecule has 256 valence electrons. The number of hydrogen-bond donors (Lipinski definition) is 2. The summed E-state index contributed by atoms with van der Waals surface area (Å²) in [7, 11) is 0. The highest BCUT2D eigenvalue weighted by atomic mass is 35.5. The van der Waals surface area contributed by atoms with Crippen molar-refractivity contribution in [2.75, 3.05) is 13.2 Å². The van der Waals surface area contributed by atoms with E-state index < -0.39 is 116 Å². The van der Waals surface area contributed by atoms with E-state index in [2.05, 4.69) is 11.1 Å². The van der Waals surface area contributed by atoms with Gasteiger partial charge in [-0.05, 0) is 0 Å². The third-order valence-corrected chi connectivity index (χ3v) is 6.17. The molecule has 0 aliphatic carbocycles. The molecule has 0 aromatic heterocycles. The number of amides is 1. The number of carbonyl (C=O) groups is 7. The van der Waals surface area contributed by atoms with E-state index in [0.717, 1.165) is 48.5 Å². The van der Waals surface area contributed by atoms with E-state index in [9.17, 15) is 33.6 Å². The van der Waals surface area contributed by atoms with Crippen LogP contribution < -0.4 is 23.5 Å². The van der Waals surface area contributed by atoms with E-state index in [4.69, 9.17) is 42.6 Å². The Balaban J connectivity index is 0.0000101. The van der Waals surface area contributed by atoms with Gasteiger partial charge in [-0.1, -0.05) is 0 Å². The van der Waals surface area contributed by atoms with Gasteiger partial charge < -0.3 is 66.1 Å². The predicted molar refractivity (Wildman–Crippen MR) is 138 cm³/mol. The van der Waals surface area contributed by atoms with E-state index in [1.165, 1.54) is 0 Å². The Hall–Kier alpha value is -3.58. The summed E-state index contributed by atoms with van der Waals surface area (Å²) in [6.07, 6.45) is -11.1. The molecule has 0 aromatic rings. The molecule has 0 spiro atoms. The minimum atomic E-state index is -1.59. The van der Waals surface area contributed by atoms with Crippen LogP contribution >= 0.6 is 0 Å². The van der Waals surface area contributed by atoms with Crippen LogP contribution in [0, 0.1) is 0 Å². The maximum absolute atomic E-state index is 12.3. The van der Waals surface area contributed by atoms with Crippen LogP contribution in [0.25, 0.3) is 0 Å². The Morgan fingerprint density at radius 2 is 0.978 bits per heavy atom. The van der Waals surface area contributed by atoms with Crippen LogP contribution in [0.1, 0.15) is 48.5 Å². The number of ether oxygens (including phenoxy) is 9. The topological polar surface area (TPSA) is 242 Å². The van der Waals surface area contributed by atoms with Crippen LogP contribution in [0.2, 0.25) is 0 Å². The minimum absolute atomic E-state index is 0. The van der Waals surface area contributed by atoms with Gasteiger partial charge in [0, 0.05) is 48.5 Å². The molecular weight excluding hydrogens is 632 g/mol. The summed E-state index contributed by atoms with van der Waals surface area (Å²) < 4.78 is 49.8. The molecule has 19 heteroatoms. The van der Waals surface area contributed by atoms with Crippen LogP contribution in [-0.4, -0.2) is 116 Å². The summed E-state index contributed by atoms with van der Waals surface area (Å²) in [5, 5.41) is 2.55. The SMILES string of the molecule is CC(=O)N[C@H]1[C@H](O[C@@H]2[C@@H]([NH3+])[C@@H](OC(C)=O)O[C@H](COC(C)=O)[C@H]2OC(C)=O)O[C@H](COC(C)=O)[C@@H](OC(C)=O)[C@@H]1OC(C)=O.[Cl-]. The highest BCUT2D eigenvalue weighted by Crippen LogP contribution is 2.32. The van der Waals surface area contributed by atoms with Crippen molar-refractivity contribution in [1.82, 2.24) is 5.32 Å². The molecule has 1 amide bonds. The van der Waals surface area contributed by atoms with Gasteiger partial charge in [0.15, 0.2) is 36.7 Å². The van der Waals surface area contributed by atoms with Crippen molar-refractivity contribution < 1.29 is 94.3 Å². The molecule has 45 heavy (non-hydrogen) atoms. The second kappa shape index (κ2) is 17.8. The summed E-state index contributed by atoms with van der Waals surface area (Å²) in [6, 6.07) is -2.51. The van der Waals surface area contributed by atoms with Gasteiger partial charge in [0.2, 0.25) is 5.91 Å². The molecule has 4 N–H and O–H groups in total. The van der Waals surface area contributed by atoms with E-state index in [0.29, 0.717) is 0 Å². The van der Waals surface area contributed by atoms with E-state index in [1.54, 1.807) is 0 Å². The highest BCUT2D eigenvalue weighted by Gasteiger charge is 2.56. The molecule has 0 saturated carbocycles. The average Bonchev–Trinajstić information content (AvgIpc) is 2.87. The first-order chi connectivity index (χ1) is 20.5. The van der Waals surface area contributed by atoms with Gasteiger partial charge >= 0.3 is 35.8 Å². The molecule has 0 radical (unpaired) electrons. The zero-order chi connectivity index (χ0) is 33.3. The number of quaternary nitrogens is 1. The second-order valence-corrected chi connectivity index (χ2v) is 10.0. The number of hydrogen-bond acceptors (Lipinski definition) is 16. The van der Waals surface area contributed by atoms with Crippen LogP contribution in [0.3, 0.4) is 0 Å². The Morgan fingerprint density at radius 1 is 0.578 bits per heavy atom. The highest BCUT2D eigenvalue weighted by molar-refractivity contribution is 5.74. The number of esters is 6. The van der Waals surface area contributed by atoms with Gasteiger partial charge in [-0.25, -0.2) is 0 Å². The fourth-order valence-electron chi connectivity index (χ4n) is 4.65. The first-order valence-corrected chi connectivity index (χ1v) is 13.5. The molecule has 2 aliphatic heterocycles. The van der Waals surface area contributed by atoms with Crippen molar-refractivity contribution in [2.24, 2.45) is 0 Å². The molecule has 2 aliphatic rings. The molecule has 2 saturated heterocycles. The lowest BCUT2D eigenvalue weighted by Gasteiger charge is -2.48. The Labute approximate surface area is 264 Å². The largest absolute Gasteiger partial charge is 1.00 e. The summed E-state index contributed by atoms with van der Waals surface area (Å²) in [4.78, 5) is 83.7. The van der Waals surface area contributed by atoms with Gasteiger partial charge in [0.25, 0.3) is 6.29 Å². The summed E-state index contributed by atoms with van der Waals surface area (Å²) in [6.45, 7) is 6.82. The van der Waals surface area contributed by atoms with Crippen molar-refractivity contribution in [3.63, 3.8) is 0 Å². The number of halogens is 1. The molecule has 0 aromatic carbocycles.